The summed E-state index contributed by atoms with van der Waals surface area (Å²) in [7, 11) is 4.45. The molecule has 3 nitrogen and oxygen atoms in total. The molecule has 0 bridgehead atoms. The van der Waals surface area contributed by atoms with Crippen LogP contribution in [0.2, 0.25) is 0 Å². The fourth-order valence-electron chi connectivity index (χ4n) is 2.42. The molecule has 16 heavy (non-hydrogen) atoms. The first kappa shape index (κ1) is 11.4. The van der Waals surface area contributed by atoms with Crippen molar-refractivity contribution in [3.63, 3.8) is 0 Å². The second-order valence-corrected chi connectivity index (χ2v) is 4.65. The lowest BCUT2D eigenvalue weighted by molar-refractivity contribution is -0.912. The Morgan fingerprint density at radius 2 is 2.25 bits per heavy atom. The maximum Gasteiger partial charge on any atom is 0.163 e. The number of hydrogen-bond donors (Lipinski definition) is 2. The van der Waals surface area contributed by atoms with E-state index in [-0.39, 0.29) is 0 Å². The van der Waals surface area contributed by atoms with Gasteiger partial charge in [0, 0.05) is 11.1 Å². The van der Waals surface area contributed by atoms with E-state index in [1.54, 1.807) is 0 Å². The van der Waals surface area contributed by atoms with E-state index in [1.165, 1.54) is 22.6 Å². The van der Waals surface area contributed by atoms with E-state index < -0.39 is 0 Å². The Morgan fingerprint density at radius 1 is 1.44 bits per heavy atom. The highest BCUT2D eigenvalue weighted by Crippen LogP contribution is 2.23. The topological polar surface area (TPSA) is 30.3 Å². The van der Waals surface area contributed by atoms with Gasteiger partial charge < -0.3 is 15.0 Å². The molecule has 1 aromatic rings. The Hall–Kier alpha value is -1.06. The second-order valence-electron chi connectivity index (χ2n) is 4.65. The quantitative estimate of drug-likeness (QED) is 0.699. The van der Waals surface area contributed by atoms with Crippen LogP contribution < -0.4 is 15.0 Å². The van der Waals surface area contributed by atoms with Crippen molar-refractivity contribution in [3.8, 4) is 5.75 Å². The third kappa shape index (κ3) is 2.20. The fourth-order valence-corrected chi connectivity index (χ4v) is 2.42. The summed E-state index contributed by atoms with van der Waals surface area (Å²) < 4.78 is 5.58. The molecule has 0 saturated heterocycles. The van der Waals surface area contributed by atoms with Crippen molar-refractivity contribution in [1.29, 1.82) is 0 Å². The maximum absolute atomic E-state index is 5.58. The van der Waals surface area contributed by atoms with Gasteiger partial charge in [-0.2, -0.15) is 0 Å². The number of ether oxygens (including phenoxy) is 1. The molecule has 1 aliphatic rings. The molecule has 2 rings (SSSR count). The van der Waals surface area contributed by atoms with E-state index in [1.807, 2.05) is 6.92 Å². The minimum absolute atomic E-state index is 0.587. The largest absolute Gasteiger partial charge is 0.494 e. The van der Waals surface area contributed by atoms with Gasteiger partial charge in [0.2, 0.25) is 0 Å². The molecule has 88 valence electrons. The first-order chi connectivity index (χ1) is 7.72. The lowest BCUT2D eigenvalue weighted by Crippen LogP contribution is -3.10. The van der Waals surface area contributed by atoms with Crippen LogP contribution >= 0.6 is 0 Å². The molecular weight excluding hydrogens is 200 g/mol. The van der Waals surface area contributed by atoms with Gasteiger partial charge in [-0.25, -0.2) is 0 Å². The third-order valence-electron chi connectivity index (χ3n) is 3.27. The zero-order valence-corrected chi connectivity index (χ0v) is 10.4. The van der Waals surface area contributed by atoms with E-state index in [2.05, 4.69) is 37.6 Å². The molecule has 0 aromatic heterocycles. The molecule has 0 fully saturated rings. The molecular formula is C13H22N2O+2. The number of fused-ring (bicyclic) bond motifs is 1. The summed E-state index contributed by atoms with van der Waals surface area (Å²) in [6.07, 6.45) is 0. The summed E-state index contributed by atoms with van der Waals surface area (Å²) in [4.78, 5) is 1.49. The molecule has 0 spiro atoms. The van der Waals surface area contributed by atoms with Crippen molar-refractivity contribution in [2.45, 2.75) is 19.5 Å². The number of rotatable bonds is 3. The Bertz CT molecular complexity index is 363. The predicted octanol–water partition coefficient (Wildman–Crippen LogP) is -0.652. The molecule has 1 atom stereocenters. The van der Waals surface area contributed by atoms with E-state index in [4.69, 9.17) is 4.74 Å². The van der Waals surface area contributed by atoms with Gasteiger partial charge in [-0.1, -0.05) is 0 Å². The zero-order chi connectivity index (χ0) is 11.5. The van der Waals surface area contributed by atoms with E-state index in [0.717, 1.165) is 18.9 Å². The molecule has 0 aliphatic carbocycles. The molecule has 0 amide bonds. The monoisotopic (exact) mass is 222 g/mol. The van der Waals surface area contributed by atoms with Crippen LogP contribution in [0.3, 0.4) is 0 Å². The van der Waals surface area contributed by atoms with Crippen LogP contribution in [0.15, 0.2) is 18.2 Å². The summed E-state index contributed by atoms with van der Waals surface area (Å²) in [5, 5.41) is 2.39. The Kier molecular flexibility index (Phi) is 3.46. The van der Waals surface area contributed by atoms with Crippen LogP contribution in [-0.2, 0) is 6.54 Å². The van der Waals surface area contributed by atoms with E-state index in [0.29, 0.717) is 6.04 Å². The number of likely N-dealkylation sites (N-methyl/N-ethyl adjacent to an activating group) is 1. The molecule has 1 aliphatic heterocycles. The minimum Gasteiger partial charge on any atom is -0.494 e. The summed E-state index contributed by atoms with van der Waals surface area (Å²) in [5.41, 5.74) is 2.93. The molecule has 1 heterocycles. The van der Waals surface area contributed by atoms with Crippen molar-refractivity contribution in [3.05, 3.63) is 29.3 Å². The van der Waals surface area contributed by atoms with Crippen LogP contribution in [0.1, 0.15) is 24.1 Å². The summed E-state index contributed by atoms with van der Waals surface area (Å²) in [5.74, 6) is 1.01. The van der Waals surface area contributed by atoms with Gasteiger partial charge in [0.1, 0.15) is 18.8 Å². The smallest absolute Gasteiger partial charge is 0.163 e. The Morgan fingerprint density at radius 3 is 2.94 bits per heavy atom. The Balaban J connectivity index is 2.32. The average Bonchev–Trinajstić information content (AvgIpc) is 2.28. The first-order valence-corrected chi connectivity index (χ1v) is 6.09. The predicted molar refractivity (Wildman–Crippen MR) is 63.7 cm³/mol. The standard InChI is InChI=1S/C13H20N2O/c1-4-16-11-6-5-10-8-14-9-13(15(2)3)12(10)7-11/h5-7,13-14H,4,8-9H2,1-3H3/p+2/t13-/m1/s1. The van der Waals surface area contributed by atoms with Gasteiger partial charge in [-0.3, -0.25) is 0 Å². The maximum atomic E-state index is 5.58. The van der Waals surface area contributed by atoms with E-state index >= 15 is 0 Å². The van der Waals surface area contributed by atoms with Crippen molar-refractivity contribution in [1.82, 2.24) is 0 Å². The second kappa shape index (κ2) is 4.85. The summed E-state index contributed by atoms with van der Waals surface area (Å²) >= 11 is 0. The molecule has 1 aromatic carbocycles. The number of quaternary nitrogens is 2. The van der Waals surface area contributed by atoms with Crippen LogP contribution in [0.25, 0.3) is 0 Å². The number of nitrogens with one attached hydrogen (secondary N) is 1. The van der Waals surface area contributed by atoms with Crippen LogP contribution in [0, 0.1) is 0 Å². The van der Waals surface area contributed by atoms with Crippen LogP contribution in [0.5, 0.6) is 5.75 Å². The van der Waals surface area contributed by atoms with Crippen molar-refractivity contribution in [2.24, 2.45) is 0 Å². The molecule has 0 saturated carbocycles. The lowest BCUT2D eigenvalue weighted by Gasteiger charge is -2.26. The van der Waals surface area contributed by atoms with Crippen molar-refractivity contribution < 1.29 is 15.0 Å². The molecule has 0 radical (unpaired) electrons. The highest BCUT2D eigenvalue weighted by atomic mass is 16.5. The fraction of sp³-hybridized carbons (Fsp3) is 0.538. The minimum atomic E-state index is 0.587. The van der Waals surface area contributed by atoms with Gasteiger partial charge in [-0.15, -0.1) is 0 Å². The van der Waals surface area contributed by atoms with Crippen molar-refractivity contribution >= 4 is 0 Å². The zero-order valence-electron chi connectivity index (χ0n) is 10.4. The van der Waals surface area contributed by atoms with Gasteiger partial charge in [0.05, 0.1) is 20.7 Å². The molecule has 3 N–H and O–H groups in total. The normalized spacial score (nSPS) is 19.6. The molecule has 3 heteroatoms. The SMILES string of the molecule is CCOc1ccc2c(c1)[C@H]([NH+](C)C)C[NH2+]C2. The van der Waals surface area contributed by atoms with Gasteiger partial charge in [0.25, 0.3) is 0 Å². The highest BCUT2D eigenvalue weighted by molar-refractivity contribution is 5.37. The van der Waals surface area contributed by atoms with Gasteiger partial charge in [-0.05, 0) is 25.1 Å². The number of nitrogens with two attached hydrogens (primary N) is 1. The number of benzene rings is 1. The van der Waals surface area contributed by atoms with Crippen LogP contribution in [0.4, 0.5) is 0 Å². The summed E-state index contributed by atoms with van der Waals surface area (Å²) in [6.45, 7) is 5.04. The van der Waals surface area contributed by atoms with E-state index in [9.17, 15) is 0 Å². The summed E-state index contributed by atoms with van der Waals surface area (Å²) in [6, 6.07) is 7.11. The Labute approximate surface area is 97.4 Å². The molecule has 0 unspecified atom stereocenters. The third-order valence-corrected chi connectivity index (χ3v) is 3.27. The average molecular weight is 222 g/mol. The van der Waals surface area contributed by atoms with Gasteiger partial charge >= 0.3 is 0 Å². The highest BCUT2D eigenvalue weighted by Gasteiger charge is 2.27. The van der Waals surface area contributed by atoms with Gasteiger partial charge in [0.15, 0.2) is 6.04 Å². The first-order valence-electron chi connectivity index (χ1n) is 6.09. The van der Waals surface area contributed by atoms with Crippen molar-refractivity contribution in [2.75, 3.05) is 27.2 Å². The van der Waals surface area contributed by atoms with Crippen LogP contribution in [-0.4, -0.2) is 27.2 Å². The lowest BCUT2D eigenvalue weighted by atomic mass is 9.96. The number of hydrogen-bond acceptors (Lipinski definition) is 1.